The van der Waals surface area contributed by atoms with Crippen molar-refractivity contribution in [3.8, 4) is 11.8 Å². The lowest BCUT2D eigenvalue weighted by Crippen LogP contribution is -2.36. The summed E-state index contributed by atoms with van der Waals surface area (Å²) in [6, 6.07) is 13.5. The van der Waals surface area contributed by atoms with Gasteiger partial charge in [-0.15, -0.1) is 5.10 Å². The Balaban J connectivity index is 1.51. The molecule has 1 aliphatic heterocycles. The van der Waals surface area contributed by atoms with Gasteiger partial charge in [-0.3, -0.25) is 9.69 Å². The number of hydrogen-bond donors (Lipinski definition) is 0. The van der Waals surface area contributed by atoms with Gasteiger partial charge < -0.3 is 4.90 Å². The first-order chi connectivity index (χ1) is 16.3. The van der Waals surface area contributed by atoms with Crippen LogP contribution in [0.2, 0.25) is 0 Å². The molecule has 0 radical (unpaired) electrons. The Hall–Kier alpha value is -3.78. The largest absolute Gasteiger partial charge is 0.435 e. The Morgan fingerprint density at radius 3 is 2.35 bits per heavy atom. The summed E-state index contributed by atoms with van der Waals surface area (Å²) in [5.74, 6) is -1.45. The quantitative estimate of drug-likeness (QED) is 0.542. The van der Waals surface area contributed by atoms with Gasteiger partial charge in [-0.2, -0.15) is 18.4 Å². The Morgan fingerprint density at radius 1 is 1.00 bits per heavy atom. The predicted octanol–water partition coefficient (Wildman–Crippen LogP) is 3.64. The number of nitrogens with zero attached hydrogens (tertiary/aromatic N) is 6. The van der Waals surface area contributed by atoms with E-state index in [2.05, 4.69) is 21.3 Å². The monoisotopic (exact) mass is 472 g/mol. The maximum atomic E-state index is 13.9. The molecule has 3 aromatic rings. The normalized spacial score (nSPS) is 15.1. The van der Waals surface area contributed by atoms with Crippen LogP contribution in [0, 0.1) is 17.1 Å². The van der Waals surface area contributed by atoms with Gasteiger partial charge in [0.2, 0.25) is 0 Å². The van der Waals surface area contributed by atoms with Crippen LogP contribution in [0.1, 0.15) is 33.7 Å². The van der Waals surface area contributed by atoms with Crippen molar-refractivity contribution < 1.29 is 22.4 Å². The first-order valence-electron chi connectivity index (χ1n) is 10.6. The average Bonchev–Trinajstić information content (AvgIpc) is 3.15. The Bertz CT molecular complexity index is 1200. The van der Waals surface area contributed by atoms with Crippen molar-refractivity contribution in [2.24, 2.45) is 0 Å². The van der Waals surface area contributed by atoms with Crippen molar-refractivity contribution in [2.45, 2.75) is 19.1 Å². The average molecular weight is 472 g/mol. The van der Waals surface area contributed by atoms with Crippen LogP contribution in [0.3, 0.4) is 0 Å². The van der Waals surface area contributed by atoms with Gasteiger partial charge in [0, 0.05) is 32.7 Å². The molecule has 2 heterocycles. The van der Waals surface area contributed by atoms with Crippen molar-refractivity contribution in [1.82, 2.24) is 24.8 Å². The number of aromatic nitrogens is 3. The summed E-state index contributed by atoms with van der Waals surface area (Å²) >= 11 is 0. The molecule has 176 valence electrons. The maximum Gasteiger partial charge on any atom is 0.435 e. The SMILES string of the molecule is N#Cc1ccc(CN2CCCN(C(=O)c3nnn(-c4ccc(F)cc4)c3C(F)(F)F)CC2)cc1. The fraction of sp³-hybridized carbons (Fsp3) is 0.304. The zero-order chi connectivity index (χ0) is 24.3. The van der Waals surface area contributed by atoms with E-state index in [1.54, 1.807) is 12.1 Å². The van der Waals surface area contributed by atoms with Crippen molar-refractivity contribution in [3.63, 3.8) is 0 Å². The van der Waals surface area contributed by atoms with E-state index in [1.807, 2.05) is 12.1 Å². The van der Waals surface area contributed by atoms with E-state index < -0.39 is 29.3 Å². The summed E-state index contributed by atoms with van der Waals surface area (Å²) in [6.45, 7) is 2.25. The van der Waals surface area contributed by atoms with E-state index >= 15 is 0 Å². The van der Waals surface area contributed by atoms with Crippen molar-refractivity contribution in [2.75, 3.05) is 26.2 Å². The molecule has 0 atom stereocenters. The molecule has 7 nitrogen and oxygen atoms in total. The summed E-state index contributed by atoms with van der Waals surface area (Å²) < 4.78 is 55.4. The number of halogens is 4. The van der Waals surface area contributed by atoms with Gasteiger partial charge >= 0.3 is 6.18 Å². The molecule has 4 rings (SSSR count). The zero-order valence-electron chi connectivity index (χ0n) is 18.0. The van der Waals surface area contributed by atoms with Crippen LogP contribution in [0.15, 0.2) is 48.5 Å². The van der Waals surface area contributed by atoms with Crippen LogP contribution in [-0.2, 0) is 12.7 Å². The molecule has 0 unspecified atom stereocenters. The third-order valence-corrected chi connectivity index (χ3v) is 5.58. The molecule has 1 saturated heterocycles. The number of nitriles is 1. The Kier molecular flexibility index (Phi) is 6.61. The number of carbonyl (C=O) groups is 1. The van der Waals surface area contributed by atoms with Gasteiger partial charge in [0.15, 0.2) is 11.4 Å². The van der Waals surface area contributed by atoms with E-state index in [1.165, 1.54) is 4.90 Å². The number of rotatable bonds is 4. The summed E-state index contributed by atoms with van der Waals surface area (Å²) in [4.78, 5) is 16.5. The topological polar surface area (TPSA) is 78.1 Å². The van der Waals surface area contributed by atoms with E-state index in [0.29, 0.717) is 36.3 Å². The third kappa shape index (κ3) is 5.07. The van der Waals surface area contributed by atoms with Gasteiger partial charge in [0.1, 0.15) is 5.82 Å². The molecular formula is C23H20F4N6O. The summed E-state index contributed by atoms with van der Waals surface area (Å²) in [5.41, 5.74) is -0.559. The highest BCUT2D eigenvalue weighted by Crippen LogP contribution is 2.33. The van der Waals surface area contributed by atoms with E-state index in [-0.39, 0.29) is 18.8 Å². The van der Waals surface area contributed by atoms with Crippen LogP contribution in [0.25, 0.3) is 5.69 Å². The van der Waals surface area contributed by atoms with Crippen molar-refractivity contribution in [1.29, 1.82) is 5.26 Å². The number of amides is 1. The molecule has 34 heavy (non-hydrogen) atoms. The van der Waals surface area contributed by atoms with Crippen LogP contribution in [0.5, 0.6) is 0 Å². The van der Waals surface area contributed by atoms with Crippen LogP contribution < -0.4 is 0 Å². The third-order valence-electron chi connectivity index (χ3n) is 5.58. The van der Waals surface area contributed by atoms with Crippen LogP contribution in [0.4, 0.5) is 17.6 Å². The van der Waals surface area contributed by atoms with Gasteiger partial charge in [-0.1, -0.05) is 17.3 Å². The molecule has 1 aromatic heterocycles. The summed E-state index contributed by atoms with van der Waals surface area (Å²) in [5, 5.41) is 16.0. The summed E-state index contributed by atoms with van der Waals surface area (Å²) in [7, 11) is 0. The smallest absolute Gasteiger partial charge is 0.336 e. The van der Waals surface area contributed by atoms with Crippen molar-refractivity contribution >= 4 is 5.91 Å². The van der Waals surface area contributed by atoms with E-state index in [9.17, 15) is 22.4 Å². The molecule has 1 amide bonds. The second kappa shape index (κ2) is 9.61. The molecule has 0 N–H and O–H groups in total. The minimum absolute atomic E-state index is 0.0512. The number of hydrogen-bond acceptors (Lipinski definition) is 5. The fourth-order valence-corrected chi connectivity index (χ4v) is 3.87. The number of carbonyl (C=O) groups excluding carboxylic acids is 1. The molecule has 0 aliphatic carbocycles. The standard InChI is InChI=1S/C23H20F4N6O/c24-18-6-8-19(9-7-18)33-21(23(25,26)27)20(29-30-33)22(34)32-11-1-10-31(12-13-32)15-17-4-2-16(14-28)3-5-17/h2-9H,1,10-13,15H2. The molecule has 2 aromatic carbocycles. The number of benzene rings is 2. The molecule has 11 heteroatoms. The van der Waals surface area contributed by atoms with Gasteiger partial charge in [0.05, 0.1) is 17.3 Å². The first-order valence-corrected chi connectivity index (χ1v) is 10.6. The number of alkyl halides is 3. The lowest BCUT2D eigenvalue weighted by atomic mass is 10.1. The molecule has 0 bridgehead atoms. The molecule has 0 saturated carbocycles. The maximum absolute atomic E-state index is 13.9. The first kappa shape index (κ1) is 23.4. The minimum atomic E-state index is -4.89. The molecule has 0 spiro atoms. The van der Waals surface area contributed by atoms with Gasteiger partial charge in [-0.05, 0) is 48.4 Å². The van der Waals surface area contributed by atoms with Crippen LogP contribution in [-0.4, -0.2) is 56.9 Å². The highest BCUT2D eigenvalue weighted by atomic mass is 19.4. The Labute approximate surface area is 192 Å². The summed E-state index contributed by atoms with van der Waals surface area (Å²) in [6.07, 6.45) is -4.31. The molecule has 1 aliphatic rings. The molecular weight excluding hydrogens is 452 g/mol. The highest BCUT2D eigenvalue weighted by molar-refractivity contribution is 5.93. The van der Waals surface area contributed by atoms with Crippen LogP contribution >= 0.6 is 0 Å². The van der Waals surface area contributed by atoms with E-state index in [4.69, 9.17) is 5.26 Å². The Morgan fingerprint density at radius 2 is 1.71 bits per heavy atom. The highest BCUT2D eigenvalue weighted by Gasteiger charge is 2.43. The van der Waals surface area contributed by atoms with Gasteiger partial charge in [0.25, 0.3) is 5.91 Å². The lowest BCUT2D eigenvalue weighted by Gasteiger charge is -2.22. The second-order valence-corrected chi connectivity index (χ2v) is 7.90. The predicted molar refractivity (Wildman–Crippen MR) is 113 cm³/mol. The lowest BCUT2D eigenvalue weighted by molar-refractivity contribution is -0.143. The molecule has 1 fully saturated rings. The van der Waals surface area contributed by atoms with Crippen molar-refractivity contribution in [3.05, 3.63) is 76.9 Å². The second-order valence-electron chi connectivity index (χ2n) is 7.90. The zero-order valence-corrected chi connectivity index (χ0v) is 18.0. The fourth-order valence-electron chi connectivity index (χ4n) is 3.87. The van der Waals surface area contributed by atoms with Gasteiger partial charge in [-0.25, -0.2) is 9.07 Å². The minimum Gasteiger partial charge on any atom is -0.336 e. The van der Waals surface area contributed by atoms with E-state index in [0.717, 1.165) is 29.8 Å².